The summed E-state index contributed by atoms with van der Waals surface area (Å²) in [5.74, 6) is 0. The largest absolute Gasteiger partial charge is 0.393 e. The van der Waals surface area contributed by atoms with Crippen molar-refractivity contribution in [2.45, 2.75) is 44.6 Å². The van der Waals surface area contributed by atoms with Gasteiger partial charge in [-0.15, -0.1) is 0 Å². The molecule has 4 nitrogen and oxygen atoms in total. The first kappa shape index (κ1) is 15.1. The van der Waals surface area contributed by atoms with Crippen LogP contribution in [0.25, 0.3) is 0 Å². The summed E-state index contributed by atoms with van der Waals surface area (Å²) in [4.78, 5) is 0.333. The zero-order valence-electron chi connectivity index (χ0n) is 11.1. The number of aliphatic hydroxyl groups excluding tert-OH is 1. The minimum absolute atomic E-state index is 0.333. The van der Waals surface area contributed by atoms with E-state index >= 15 is 0 Å². The molecule has 0 saturated carbocycles. The lowest BCUT2D eigenvalue weighted by atomic mass is 10.2. The highest BCUT2D eigenvalue weighted by atomic mass is 32.2. The Morgan fingerprint density at radius 3 is 2.61 bits per heavy atom. The van der Waals surface area contributed by atoms with Gasteiger partial charge in [-0.2, -0.15) is 0 Å². The van der Waals surface area contributed by atoms with Crippen molar-refractivity contribution in [1.29, 1.82) is 0 Å². The summed E-state index contributed by atoms with van der Waals surface area (Å²) in [5, 5.41) is 9.10. The minimum atomic E-state index is -3.44. The zero-order valence-corrected chi connectivity index (χ0v) is 11.9. The Hall–Kier alpha value is -0.910. The summed E-state index contributed by atoms with van der Waals surface area (Å²) in [6.45, 7) is 5.69. The van der Waals surface area contributed by atoms with Gasteiger partial charge in [0, 0.05) is 6.54 Å². The van der Waals surface area contributed by atoms with Crippen molar-refractivity contribution < 1.29 is 13.5 Å². The molecule has 0 bridgehead atoms. The Morgan fingerprint density at radius 1 is 1.33 bits per heavy atom. The number of hydrogen-bond donors (Lipinski definition) is 2. The van der Waals surface area contributed by atoms with Crippen molar-refractivity contribution in [3.05, 3.63) is 29.3 Å². The van der Waals surface area contributed by atoms with Crippen LogP contribution in [0.5, 0.6) is 0 Å². The van der Waals surface area contributed by atoms with Gasteiger partial charge in [0.25, 0.3) is 0 Å². The lowest BCUT2D eigenvalue weighted by Gasteiger charge is -2.10. The fraction of sp³-hybridized carbons (Fsp3) is 0.538. The van der Waals surface area contributed by atoms with Crippen LogP contribution in [0.1, 0.15) is 30.9 Å². The van der Waals surface area contributed by atoms with Crippen LogP contribution in [0.3, 0.4) is 0 Å². The average Bonchev–Trinajstić information content (AvgIpc) is 2.27. The summed E-state index contributed by atoms with van der Waals surface area (Å²) in [5.41, 5.74) is 1.66. The van der Waals surface area contributed by atoms with Crippen LogP contribution < -0.4 is 4.72 Å². The van der Waals surface area contributed by atoms with E-state index in [4.69, 9.17) is 5.11 Å². The van der Waals surface area contributed by atoms with E-state index in [0.29, 0.717) is 24.3 Å². The second-order valence-electron chi connectivity index (χ2n) is 4.66. The first-order valence-corrected chi connectivity index (χ1v) is 7.56. The minimum Gasteiger partial charge on any atom is -0.393 e. The fourth-order valence-electron chi connectivity index (χ4n) is 1.68. The molecule has 5 heteroatoms. The molecule has 2 N–H and O–H groups in total. The SMILES string of the molecule is Cc1ccc(C)c(S(=O)(=O)NCCCC(C)O)c1. The predicted molar refractivity (Wildman–Crippen MR) is 72.0 cm³/mol. The standard InChI is InChI=1S/C13H21NO3S/c1-10-6-7-11(2)13(9-10)18(16,17)14-8-4-5-12(3)15/h6-7,9,12,14-15H,4-5,8H2,1-3H3. The second kappa shape index (κ2) is 6.31. The van der Waals surface area contributed by atoms with Crippen LogP contribution in [-0.4, -0.2) is 26.2 Å². The van der Waals surface area contributed by atoms with Gasteiger partial charge in [0.2, 0.25) is 10.0 Å². The summed E-state index contributed by atoms with van der Waals surface area (Å²) < 4.78 is 26.7. The van der Waals surface area contributed by atoms with Crippen molar-refractivity contribution >= 4 is 10.0 Å². The normalized spacial score (nSPS) is 13.6. The molecule has 0 aliphatic rings. The van der Waals surface area contributed by atoms with Crippen LogP contribution in [0, 0.1) is 13.8 Å². The van der Waals surface area contributed by atoms with Gasteiger partial charge in [0.05, 0.1) is 11.0 Å². The maximum absolute atomic E-state index is 12.1. The van der Waals surface area contributed by atoms with Crippen LogP contribution >= 0.6 is 0 Å². The highest BCUT2D eigenvalue weighted by molar-refractivity contribution is 7.89. The van der Waals surface area contributed by atoms with E-state index in [1.165, 1.54) is 0 Å². The van der Waals surface area contributed by atoms with Crippen LogP contribution in [-0.2, 0) is 10.0 Å². The molecule has 0 amide bonds. The number of rotatable bonds is 6. The average molecular weight is 271 g/mol. The van der Waals surface area contributed by atoms with Crippen molar-refractivity contribution in [2.24, 2.45) is 0 Å². The molecule has 1 aromatic rings. The van der Waals surface area contributed by atoms with E-state index in [0.717, 1.165) is 11.1 Å². The summed E-state index contributed by atoms with van der Waals surface area (Å²) in [6, 6.07) is 5.37. The molecular weight excluding hydrogens is 250 g/mol. The number of aliphatic hydroxyl groups is 1. The topological polar surface area (TPSA) is 66.4 Å². The lowest BCUT2D eigenvalue weighted by molar-refractivity contribution is 0.182. The third kappa shape index (κ3) is 4.40. The van der Waals surface area contributed by atoms with Gasteiger partial charge in [-0.1, -0.05) is 12.1 Å². The van der Waals surface area contributed by atoms with Gasteiger partial charge in [-0.3, -0.25) is 0 Å². The molecule has 1 rings (SSSR count). The summed E-state index contributed by atoms with van der Waals surface area (Å²) in [7, 11) is -3.44. The van der Waals surface area contributed by atoms with Crippen molar-refractivity contribution in [3.63, 3.8) is 0 Å². The molecule has 0 heterocycles. The summed E-state index contributed by atoms with van der Waals surface area (Å²) in [6.07, 6.45) is 0.826. The molecule has 0 fully saturated rings. The molecule has 0 radical (unpaired) electrons. The van der Waals surface area contributed by atoms with E-state index in [1.54, 1.807) is 26.0 Å². The number of hydrogen-bond acceptors (Lipinski definition) is 3. The maximum atomic E-state index is 12.1. The van der Waals surface area contributed by atoms with E-state index in [2.05, 4.69) is 4.72 Å². The molecule has 1 atom stereocenters. The molecular formula is C13H21NO3S. The van der Waals surface area contributed by atoms with E-state index in [-0.39, 0.29) is 0 Å². The van der Waals surface area contributed by atoms with Gasteiger partial charge in [-0.25, -0.2) is 13.1 Å². The highest BCUT2D eigenvalue weighted by Crippen LogP contribution is 2.16. The Kier molecular flexibility index (Phi) is 5.31. The third-order valence-electron chi connectivity index (χ3n) is 2.72. The molecule has 18 heavy (non-hydrogen) atoms. The van der Waals surface area contributed by atoms with Crippen LogP contribution in [0.15, 0.2) is 23.1 Å². The Labute approximate surface area is 109 Å². The van der Waals surface area contributed by atoms with E-state index < -0.39 is 16.1 Å². The van der Waals surface area contributed by atoms with Crippen LogP contribution in [0.4, 0.5) is 0 Å². The fourth-order valence-corrected chi connectivity index (χ4v) is 3.08. The van der Waals surface area contributed by atoms with Crippen LogP contribution in [0.2, 0.25) is 0 Å². The number of aryl methyl sites for hydroxylation is 2. The summed E-state index contributed by atoms with van der Waals surface area (Å²) >= 11 is 0. The van der Waals surface area contributed by atoms with Gasteiger partial charge < -0.3 is 5.11 Å². The van der Waals surface area contributed by atoms with Gasteiger partial charge >= 0.3 is 0 Å². The quantitative estimate of drug-likeness (QED) is 0.775. The number of nitrogens with one attached hydrogen (secondary N) is 1. The molecule has 0 aliphatic heterocycles. The van der Waals surface area contributed by atoms with E-state index in [1.807, 2.05) is 13.0 Å². The smallest absolute Gasteiger partial charge is 0.240 e. The number of sulfonamides is 1. The first-order chi connectivity index (χ1) is 8.33. The van der Waals surface area contributed by atoms with Crippen molar-refractivity contribution in [2.75, 3.05) is 6.54 Å². The Bertz CT molecular complexity index is 495. The molecule has 0 aliphatic carbocycles. The molecule has 102 valence electrons. The predicted octanol–water partition coefficient (Wildman–Crippen LogP) is 1.74. The molecule has 0 spiro atoms. The molecule has 1 unspecified atom stereocenters. The van der Waals surface area contributed by atoms with Crippen molar-refractivity contribution in [1.82, 2.24) is 4.72 Å². The Balaban J connectivity index is 2.71. The zero-order chi connectivity index (χ0) is 13.8. The second-order valence-corrected chi connectivity index (χ2v) is 6.39. The molecule has 1 aromatic carbocycles. The van der Waals surface area contributed by atoms with E-state index in [9.17, 15) is 8.42 Å². The molecule has 0 saturated heterocycles. The monoisotopic (exact) mass is 271 g/mol. The van der Waals surface area contributed by atoms with Gasteiger partial charge in [-0.05, 0) is 50.8 Å². The van der Waals surface area contributed by atoms with Crippen molar-refractivity contribution in [3.8, 4) is 0 Å². The highest BCUT2D eigenvalue weighted by Gasteiger charge is 2.16. The Morgan fingerprint density at radius 2 is 2.00 bits per heavy atom. The maximum Gasteiger partial charge on any atom is 0.240 e. The molecule has 0 aromatic heterocycles. The van der Waals surface area contributed by atoms with Gasteiger partial charge in [0.1, 0.15) is 0 Å². The first-order valence-electron chi connectivity index (χ1n) is 6.08. The number of benzene rings is 1. The third-order valence-corrected chi connectivity index (χ3v) is 4.33. The van der Waals surface area contributed by atoms with Gasteiger partial charge in [0.15, 0.2) is 0 Å². The lowest BCUT2D eigenvalue weighted by Crippen LogP contribution is -2.26.